The monoisotopic (exact) mass is 269 g/mol. The van der Waals surface area contributed by atoms with Crippen LogP contribution in [0.2, 0.25) is 0 Å². The molecule has 100 valence electrons. The summed E-state index contributed by atoms with van der Waals surface area (Å²) in [5.41, 5.74) is 0.815. The molecule has 0 aliphatic heterocycles. The Hall–Kier alpha value is -1.33. The largest absolute Gasteiger partial charge is 0.486 e. The quantitative estimate of drug-likeness (QED) is 0.834. The lowest BCUT2D eigenvalue weighted by Crippen LogP contribution is -2.14. The second-order valence-electron chi connectivity index (χ2n) is 4.46. The van der Waals surface area contributed by atoms with E-state index in [1.54, 1.807) is 18.2 Å². The smallest absolute Gasteiger partial charge is 0.238 e. The van der Waals surface area contributed by atoms with Crippen molar-refractivity contribution in [3.63, 3.8) is 0 Å². The van der Waals surface area contributed by atoms with Gasteiger partial charge >= 0.3 is 0 Å². The Labute approximate surface area is 109 Å². The molecule has 1 aromatic rings. The lowest BCUT2D eigenvalue weighted by atomic mass is 10.0. The van der Waals surface area contributed by atoms with Gasteiger partial charge < -0.3 is 4.74 Å². The Bertz CT molecular complexity index is 535. The maximum absolute atomic E-state index is 11.3. The molecule has 5 heteroatoms. The number of rotatable bonds is 5. The maximum Gasteiger partial charge on any atom is 0.238 e. The van der Waals surface area contributed by atoms with Crippen molar-refractivity contribution < 1.29 is 13.2 Å². The van der Waals surface area contributed by atoms with Crippen LogP contribution in [0, 0.1) is 0 Å². The van der Waals surface area contributed by atoms with Crippen LogP contribution in [0.25, 0.3) is 0 Å². The molecule has 0 amide bonds. The maximum atomic E-state index is 11.3. The molecular weight excluding hydrogens is 250 g/mol. The third-order valence-electron chi connectivity index (χ3n) is 2.58. The van der Waals surface area contributed by atoms with Gasteiger partial charge in [0.05, 0.1) is 4.90 Å². The van der Waals surface area contributed by atoms with Gasteiger partial charge in [0, 0.05) is 0 Å². The minimum atomic E-state index is -3.69. The Morgan fingerprint density at radius 2 is 1.94 bits per heavy atom. The Kier molecular flexibility index (Phi) is 4.53. The molecule has 4 nitrogen and oxygen atoms in total. The lowest BCUT2D eigenvalue weighted by Gasteiger charge is -2.17. The third-order valence-corrected chi connectivity index (χ3v) is 3.49. The second kappa shape index (κ2) is 5.54. The summed E-state index contributed by atoms with van der Waals surface area (Å²) >= 11 is 0. The number of ether oxygens (including phenoxy) is 1. The Morgan fingerprint density at radius 3 is 2.39 bits per heavy atom. The molecule has 1 rings (SSSR count). The van der Waals surface area contributed by atoms with Crippen LogP contribution in [-0.2, 0) is 10.0 Å². The lowest BCUT2D eigenvalue weighted by molar-refractivity contribution is 0.266. The van der Waals surface area contributed by atoms with E-state index < -0.39 is 10.0 Å². The molecule has 0 bridgehead atoms. The first-order chi connectivity index (χ1) is 8.25. The van der Waals surface area contributed by atoms with Gasteiger partial charge in [-0.1, -0.05) is 26.5 Å². The molecule has 0 saturated carbocycles. The second-order valence-corrected chi connectivity index (χ2v) is 6.02. The molecule has 0 saturated heterocycles. The minimum Gasteiger partial charge on any atom is -0.486 e. The fourth-order valence-corrected chi connectivity index (χ4v) is 2.06. The van der Waals surface area contributed by atoms with E-state index in [0.29, 0.717) is 5.75 Å². The average Bonchev–Trinajstić information content (AvgIpc) is 2.27. The zero-order chi connectivity index (χ0) is 13.9. The zero-order valence-corrected chi connectivity index (χ0v) is 11.7. The van der Waals surface area contributed by atoms with Crippen LogP contribution in [0.5, 0.6) is 5.75 Å². The molecule has 1 atom stereocenters. The van der Waals surface area contributed by atoms with Crippen molar-refractivity contribution in [2.24, 2.45) is 5.14 Å². The molecule has 0 aliphatic rings. The highest BCUT2D eigenvalue weighted by molar-refractivity contribution is 7.89. The molecule has 0 fully saturated rings. The number of hydrogen-bond donors (Lipinski definition) is 1. The molecule has 0 aliphatic carbocycles. The van der Waals surface area contributed by atoms with Crippen LogP contribution in [0.15, 0.2) is 35.7 Å². The SMILES string of the molecule is C=CC(C)Oc1ccc(S(N)(=O)=O)cc1C(C)C. The van der Waals surface area contributed by atoms with E-state index in [1.807, 2.05) is 20.8 Å². The van der Waals surface area contributed by atoms with Crippen LogP contribution in [-0.4, -0.2) is 14.5 Å². The van der Waals surface area contributed by atoms with Gasteiger partial charge in [0.2, 0.25) is 10.0 Å². The molecule has 1 unspecified atom stereocenters. The van der Waals surface area contributed by atoms with E-state index in [2.05, 4.69) is 6.58 Å². The van der Waals surface area contributed by atoms with Crippen molar-refractivity contribution in [3.8, 4) is 5.75 Å². The number of primary sulfonamides is 1. The number of nitrogens with two attached hydrogens (primary N) is 1. The summed E-state index contributed by atoms with van der Waals surface area (Å²) in [5, 5.41) is 5.12. The fraction of sp³-hybridized carbons (Fsp3) is 0.385. The van der Waals surface area contributed by atoms with E-state index in [1.165, 1.54) is 6.07 Å². The summed E-state index contributed by atoms with van der Waals surface area (Å²) in [6, 6.07) is 4.65. The van der Waals surface area contributed by atoms with E-state index in [-0.39, 0.29) is 16.9 Å². The summed E-state index contributed by atoms with van der Waals surface area (Å²) in [6.45, 7) is 9.44. The first-order valence-electron chi connectivity index (χ1n) is 5.71. The van der Waals surface area contributed by atoms with Crippen molar-refractivity contribution in [2.75, 3.05) is 0 Å². The van der Waals surface area contributed by atoms with Gasteiger partial charge in [-0.05, 0) is 36.6 Å². The normalized spacial score (nSPS) is 13.4. The molecular formula is C13H19NO3S. The highest BCUT2D eigenvalue weighted by Gasteiger charge is 2.15. The van der Waals surface area contributed by atoms with Gasteiger partial charge in [-0.3, -0.25) is 0 Å². The predicted octanol–water partition coefficient (Wildman–Crippen LogP) is 2.41. The summed E-state index contributed by atoms with van der Waals surface area (Å²) in [5.74, 6) is 0.795. The standard InChI is InChI=1S/C13H19NO3S/c1-5-10(4)17-13-7-6-11(18(14,15)16)8-12(13)9(2)3/h5-10H,1H2,2-4H3,(H2,14,15,16). The van der Waals surface area contributed by atoms with Crippen LogP contribution in [0.4, 0.5) is 0 Å². The highest BCUT2D eigenvalue weighted by Crippen LogP contribution is 2.29. The van der Waals surface area contributed by atoms with Crippen molar-refractivity contribution in [2.45, 2.75) is 37.7 Å². The summed E-state index contributed by atoms with van der Waals surface area (Å²) in [6.07, 6.45) is 1.54. The fourth-order valence-electron chi connectivity index (χ4n) is 1.51. The Balaban J connectivity index is 3.25. The zero-order valence-electron chi connectivity index (χ0n) is 10.9. The topological polar surface area (TPSA) is 69.4 Å². The van der Waals surface area contributed by atoms with Gasteiger partial charge in [0.15, 0.2) is 0 Å². The summed E-state index contributed by atoms with van der Waals surface area (Å²) in [4.78, 5) is 0.102. The number of hydrogen-bond acceptors (Lipinski definition) is 3. The first-order valence-corrected chi connectivity index (χ1v) is 7.26. The molecule has 1 aromatic carbocycles. The van der Waals surface area contributed by atoms with Gasteiger partial charge in [0.25, 0.3) is 0 Å². The van der Waals surface area contributed by atoms with Crippen LogP contribution in [0.1, 0.15) is 32.3 Å². The Morgan fingerprint density at radius 1 is 1.33 bits per heavy atom. The van der Waals surface area contributed by atoms with E-state index >= 15 is 0 Å². The van der Waals surface area contributed by atoms with Crippen LogP contribution in [0.3, 0.4) is 0 Å². The summed E-state index contributed by atoms with van der Waals surface area (Å²) < 4.78 is 28.3. The van der Waals surface area contributed by atoms with E-state index in [0.717, 1.165) is 5.56 Å². The minimum absolute atomic E-state index is 0.102. The third kappa shape index (κ3) is 3.58. The molecule has 2 N–H and O–H groups in total. The van der Waals surface area contributed by atoms with Gasteiger partial charge in [-0.2, -0.15) is 0 Å². The highest BCUT2D eigenvalue weighted by atomic mass is 32.2. The van der Waals surface area contributed by atoms with Gasteiger partial charge in [-0.25, -0.2) is 13.6 Å². The number of sulfonamides is 1. The van der Waals surface area contributed by atoms with Crippen molar-refractivity contribution in [3.05, 3.63) is 36.4 Å². The first kappa shape index (κ1) is 14.7. The van der Waals surface area contributed by atoms with Crippen LogP contribution < -0.4 is 9.88 Å². The molecule has 0 spiro atoms. The summed E-state index contributed by atoms with van der Waals surface area (Å²) in [7, 11) is -3.69. The van der Waals surface area contributed by atoms with Crippen LogP contribution >= 0.6 is 0 Å². The molecule has 0 heterocycles. The predicted molar refractivity (Wildman–Crippen MR) is 72.2 cm³/mol. The number of benzene rings is 1. The molecule has 18 heavy (non-hydrogen) atoms. The van der Waals surface area contributed by atoms with E-state index in [9.17, 15) is 8.42 Å². The van der Waals surface area contributed by atoms with E-state index in [4.69, 9.17) is 9.88 Å². The molecule has 0 radical (unpaired) electrons. The molecule has 0 aromatic heterocycles. The van der Waals surface area contributed by atoms with Crippen molar-refractivity contribution in [1.82, 2.24) is 0 Å². The average molecular weight is 269 g/mol. The van der Waals surface area contributed by atoms with Crippen molar-refractivity contribution in [1.29, 1.82) is 0 Å². The van der Waals surface area contributed by atoms with Gasteiger partial charge in [0.1, 0.15) is 11.9 Å². The van der Waals surface area contributed by atoms with Gasteiger partial charge in [-0.15, -0.1) is 0 Å². The van der Waals surface area contributed by atoms with Crippen molar-refractivity contribution >= 4 is 10.0 Å².